The van der Waals surface area contributed by atoms with Crippen molar-refractivity contribution in [3.05, 3.63) is 29.3 Å². The molecule has 0 spiro atoms. The topological polar surface area (TPSA) is 29.5 Å². The fourth-order valence-corrected chi connectivity index (χ4v) is 2.51. The zero-order valence-corrected chi connectivity index (χ0v) is 10.4. The average Bonchev–Trinajstić information content (AvgIpc) is 2.66. The van der Waals surface area contributed by atoms with Crippen LogP contribution in [-0.4, -0.2) is 23.2 Å². The minimum Gasteiger partial charge on any atom is -0.493 e. The van der Waals surface area contributed by atoms with Gasteiger partial charge in [-0.25, -0.2) is 0 Å². The summed E-state index contributed by atoms with van der Waals surface area (Å²) in [5.74, 6) is 3.11. The van der Waals surface area contributed by atoms with E-state index in [2.05, 4.69) is 13.0 Å². The Labute approximate surface area is 101 Å². The van der Waals surface area contributed by atoms with Gasteiger partial charge in [0.2, 0.25) is 0 Å². The van der Waals surface area contributed by atoms with Gasteiger partial charge in [0.15, 0.2) is 0 Å². The third kappa shape index (κ3) is 2.71. The second kappa shape index (κ2) is 5.60. The second-order valence-corrected chi connectivity index (χ2v) is 5.35. The van der Waals surface area contributed by atoms with E-state index in [9.17, 15) is 5.11 Å². The lowest BCUT2D eigenvalue weighted by atomic mass is 10.1. The highest BCUT2D eigenvalue weighted by Crippen LogP contribution is 2.33. The summed E-state index contributed by atoms with van der Waals surface area (Å²) in [4.78, 5) is 0. The first-order valence-corrected chi connectivity index (χ1v) is 6.98. The van der Waals surface area contributed by atoms with Crippen LogP contribution in [0.4, 0.5) is 0 Å². The van der Waals surface area contributed by atoms with Crippen molar-refractivity contribution in [3.8, 4) is 5.75 Å². The van der Waals surface area contributed by atoms with Crippen molar-refractivity contribution in [2.75, 3.05) is 18.1 Å². The third-order valence-electron chi connectivity index (χ3n) is 2.86. The van der Waals surface area contributed by atoms with E-state index in [0.29, 0.717) is 0 Å². The quantitative estimate of drug-likeness (QED) is 0.800. The maximum atomic E-state index is 9.67. The number of benzene rings is 1. The van der Waals surface area contributed by atoms with Crippen LogP contribution in [-0.2, 0) is 6.42 Å². The van der Waals surface area contributed by atoms with E-state index in [1.807, 2.05) is 23.9 Å². The van der Waals surface area contributed by atoms with Gasteiger partial charge in [-0.1, -0.05) is 13.0 Å². The summed E-state index contributed by atoms with van der Waals surface area (Å²) < 4.78 is 5.67. The summed E-state index contributed by atoms with van der Waals surface area (Å²) >= 11 is 1.89. The number of ether oxygens (including phenoxy) is 1. The van der Waals surface area contributed by atoms with Gasteiger partial charge in [-0.05, 0) is 41.9 Å². The van der Waals surface area contributed by atoms with Gasteiger partial charge in [0.1, 0.15) is 5.75 Å². The van der Waals surface area contributed by atoms with Crippen molar-refractivity contribution < 1.29 is 9.84 Å². The maximum absolute atomic E-state index is 9.67. The molecule has 1 atom stereocenters. The van der Waals surface area contributed by atoms with Crippen LogP contribution in [0.3, 0.4) is 0 Å². The molecule has 2 nitrogen and oxygen atoms in total. The molecule has 0 bridgehead atoms. The van der Waals surface area contributed by atoms with Crippen LogP contribution in [0, 0.1) is 0 Å². The van der Waals surface area contributed by atoms with Gasteiger partial charge in [-0.15, -0.1) is 0 Å². The molecule has 1 aromatic carbocycles. The standard InChI is InChI=1S/C13H18O2S/c1-2-16-8-7-15-11-4-5-12-10(9-11)3-6-13(12)14/h4-5,9,13-14H,2-3,6-8H2,1H3/t13-/m0/s1. The first kappa shape index (κ1) is 11.8. The Morgan fingerprint density at radius 1 is 1.50 bits per heavy atom. The molecule has 2 rings (SSSR count). The number of rotatable bonds is 5. The number of hydrogen-bond donors (Lipinski definition) is 1. The molecule has 88 valence electrons. The van der Waals surface area contributed by atoms with Crippen LogP contribution in [0.1, 0.15) is 30.6 Å². The first-order valence-electron chi connectivity index (χ1n) is 5.82. The average molecular weight is 238 g/mol. The van der Waals surface area contributed by atoms with Crippen LogP contribution in [0.15, 0.2) is 18.2 Å². The summed E-state index contributed by atoms with van der Waals surface area (Å²) in [5.41, 5.74) is 2.32. The van der Waals surface area contributed by atoms with E-state index < -0.39 is 0 Å². The van der Waals surface area contributed by atoms with E-state index >= 15 is 0 Å². The van der Waals surface area contributed by atoms with Crippen LogP contribution >= 0.6 is 11.8 Å². The Morgan fingerprint density at radius 3 is 3.19 bits per heavy atom. The Morgan fingerprint density at radius 2 is 2.38 bits per heavy atom. The molecule has 0 saturated heterocycles. The van der Waals surface area contributed by atoms with Crippen molar-refractivity contribution in [2.45, 2.75) is 25.9 Å². The predicted molar refractivity (Wildman–Crippen MR) is 68.2 cm³/mol. The van der Waals surface area contributed by atoms with Crippen molar-refractivity contribution in [1.82, 2.24) is 0 Å². The van der Waals surface area contributed by atoms with Gasteiger partial charge < -0.3 is 9.84 Å². The molecular formula is C13H18O2S. The van der Waals surface area contributed by atoms with Gasteiger partial charge in [0.25, 0.3) is 0 Å². The summed E-state index contributed by atoms with van der Waals surface area (Å²) in [6.07, 6.45) is 1.56. The van der Waals surface area contributed by atoms with Crippen molar-refractivity contribution in [1.29, 1.82) is 0 Å². The van der Waals surface area contributed by atoms with E-state index in [4.69, 9.17) is 4.74 Å². The van der Waals surface area contributed by atoms with E-state index in [1.165, 1.54) is 5.56 Å². The highest BCUT2D eigenvalue weighted by atomic mass is 32.2. The highest BCUT2D eigenvalue weighted by molar-refractivity contribution is 7.99. The molecule has 0 fully saturated rings. The zero-order valence-electron chi connectivity index (χ0n) is 9.61. The molecule has 0 amide bonds. The lowest BCUT2D eigenvalue weighted by molar-refractivity contribution is 0.180. The molecule has 0 aromatic heterocycles. The molecule has 0 unspecified atom stereocenters. The van der Waals surface area contributed by atoms with Crippen LogP contribution in [0.2, 0.25) is 0 Å². The minimum absolute atomic E-state index is 0.264. The molecule has 0 saturated carbocycles. The largest absolute Gasteiger partial charge is 0.493 e. The SMILES string of the molecule is CCSCCOc1ccc2c(c1)CC[C@@H]2O. The number of thioether (sulfide) groups is 1. The number of aliphatic hydroxyl groups excluding tert-OH is 1. The Hall–Kier alpha value is -0.670. The Balaban J connectivity index is 1.92. The van der Waals surface area contributed by atoms with Crippen LogP contribution in [0.5, 0.6) is 5.75 Å². The normalized spacial score (nSPS) is 18.5. The highest BCUT2D eigenvalue weighted by Gasteiger charge is 2.20. The smallest absolute Gasteiger partial charge is 0.119 e. The molecule has 16 heavy (non-hydrogen) atoms. The molecule has 0 heterocycles. The third-order valence-corrected chi connectivity index (χ3v) is 3.72. The molecule has 3 heteroatoms. The second-order valence-electron chi connectivity index (χ2n) is 3.96. The monoisotopic (exact) mass is 238 g/mol. The summed E-state index contributed by atoms with van der Waals surface area (Å²) in [5, 5.41) is 9.67. The number of aliphatic hydroxyl groups is 1. The molecule has 0 radical (unpaired) electrons. The van der Waals surface area contributed by atoms with Gasteiger partial charge in [-0.3, -0.25) is 0 Å². The Bertz CT molecular complexity index is 352. The predicted octanol–water partition coefficient (Wildman–Crippen LogP) is 2.80. The number of hydrogen-bond acceptors (Lipinski definition) is 3. The van der Waals surface area contributed by atoms with Crippen molar-refractivity contribution in [2.24, 2.45) is 0 Å². The van der Waals surface area contributed by atoms with Crippen LogP contribution in [0.25, 0.3) is 0 Å². The first-order chi connectivity index (χ1) is 7.81. The van der Waals surface area contributed by atoms with E-state index in [1.54, 1.807) is 0 Å². The fraction of sp³-hybridized carbons (Fsp3) is 0.538. The molecule has 1 aliphatic rings. The van der Waals surface area contributed by atoms with E-state index in [-0.39, 0.29) is 6.10 Å². The maximum Gasteiger partial charge on any atom is 0.119 e. The zero-order chi connectivity index (χ0) is 11.4. The summed E-state index contributed by atoms with van der Waals surface area (Å²) in [6, 6.07) is 6.03. The summed E-state index contributed by atoms with van der Waals surface area (Å²) in [6.45, 7) is 2.92. The van der Waals surface area contributed by atoms with Gasteiger partial charge in [0.05, 0.1) is 12.7 Å². The van der Waals surface area contributed by atoms with Crippen LogP contribution < -0.4 is 4.74 Å². The Kier molecular flexibility index (Phi) is 4.13. The van der Waals surface area contributed by atoms with E-state index in [0.717, 1.165) is 42.3 Å². The van der Waals surface area contributed by atoms with Gasteiger partial charge >= 0.3 is 0 Å². The molecule has 1 N–H and O–H groups in total. The number of aryl methyl sites for hydroxylation is 1. The molecule has 1 aliphatic carbocycles. The summed E-state index contributed by atoms with van der Waals surface area (Å²) in [7, 11) is 0. The fourth-order valence-electron chi connectivity index (χ4n) is 2.02. The lowest BCUT2D eigenvalue weighted by Gasteiger charge is -2.08. The van der Waals surface area contributed by atoms with Gasteiger partial charge in [0, 0.05) is 5.75 Å². The molecule has 1 aromatic rings. The number of fused-ring (bicyclic) bond motifs is 1. The van der Waals surface area contributed by atoms with Crippen molar-refractivity contribution in [3.63, 3.8) is 0 Å². The molecule has 0 aliphatic heterocycles. The minimum atomic E-state index is -0.264. The lowest BCUT2D eigenvalue weighted by Crippen LogP contribution is -2.01. The molecular weight excluding hydrogens is 220 g/mol. The van der Waals surface area contributed by atoms with Gasteiger partial charge in [-0.2, -0.15) is 11.8 Å². The van der Waals surface area contributed by atoms with Crippen molar-refractivity contribution >= 4 is 11.8 Å².